The lowest BCUT2D eigenvalue weighted by Gasteiger charge is -2.14. The van der Waals surface area contributed by atoms with E-state index in [2.05, 4.69) is 0 Å². The van der Waals surface area contributed by atoms with E-state index in [1.54, 1.807) is 67.8 Å². The number of methoxy groups -OCH3 is 1. The van der Waals surface area contributed by atoms with Crippen LogP contribution in [0.15, 0.2) is 121 Å². The van der Waals surface area contributed by atoms with Crippen LogP contribution in [0.4, 0.5) is 0 Å². The molecule has 166 valence electrons. The number of carbonyl (C=O) groups excluding carboxylic acids is 2. The zero-order valence-corrected chi connectivity index (χ0v) is 18.4. The van der Waals surface area contributed by atoms with Crippen LogP contribution >= 0.6 is 0 Å². The molecule has 0 spiro atoms. The van der Waals surface area contributed by atoms with Crippen LogP contribution < -0.4 is 0 Å². The Bertz CT molecular complexity index is 1130. The molecule has 0 bridgehead atoms. The van der Waals surface area contributed by atoms with E-state index in [1.165, 1.54) is 0 Å². The van der Waals surface area contributed by atoms with Gasteiger partial charge in [-0.15, -0.1) is 0 Å². The molecule has 1 N–H and O–H groups in total. The number of rotatable bonds is 7. The minimum atomic E-state index is -1.08. The van der Waals surface area contributed by atoms with Crippen LogP contribution in [0.25, 0.3) is 0 Å². The predicted molar refractivity (Wildman–Crippen MR) is 129 cm³/mol. The van der Waals surface area contributed by atoms with Crippen molar-refractivity contribution in [3.63, 3.8) is 0 Å². The van der Waals surface area contributed by atoms with Crippen molar-refractivity contribution >= 4 is 11.6 Å². The summed E-state index contributed by atoms with van der Waals surface area (Å²) >= 11 is 0. The van der Waals surface area contributed by atoms with Crippen LogP contribution in [0, 0.1) is 0 Å². The second-order valence-electron chi connectivity index (χ2n) is 7.30. The predicted octanol–water partition coefficient (Wildman–Crippen LogP) is 5.86. The van der Waals surface area contributed by atoms with Crippen molar-refractivity contribution < 1.29 is 19.4 Å². The van der Waals surface area contributed by atoms with E-state index in [0.29, 0.717) is 16.7 Å². The molecule has 0 saturated heterocycles. The number of hydrogen-bond donors (Lipinski definition) is 1. The number of carbonyl (C=O) groups is 2. The first-order chi connectivity index (χ1) is 16.1. The van der Waals surface area contributed by atoms with E-state index in [1.807, 2.05) is 60.7 Å². The van der Waals surface area contributed by atoms with Gasteiger partial charge in [0.05, 0.1) is 0 Å². The van der Waals surface area contributed by atoms with Crippen LogP contribution in [0.3, 0.4) is 0 Å². The highest BCUT2D eigenvalue weighted by Gasteiger charge is 2.21. The number of ketones is 2. The van der Waals surface area contributed by atoms with E-state index >= 15 is 0 Å². The second-order valence-corrected chi connectivity index (χ2v) is 7.30. The molecule has 0 aliphatic rings. The Labute approximate surface area is 194 Å². The molecule has 0 amide bonds. The zero-order valence-electron chi connectivity index (χ0n) is 18.4. The van der Waals surface area contributed by atoms with Gasteiger partial charge in [-0.25, -0.2) is 0 Å². The van der Waals surface area contributed by atoms with Gasteiger partial charge in [0.2, 0.25) is 0 Å². The summed E-state index contributed by atoms with van der Waals surface area (Å²) in [5, 5.41) is 9.89. The SMILES string of the molecule is COC(C(=O)c1ccccc1)c1ccccc1.O=C(c1ccccc1)C(O)c1ccccc1. The van der Waals surface area contributed by atoms with Gasteiger partial charge in [0.15, 0.2) is 11.6 Å². The summed E-state index contributed by atoms with van der Waals surface area (Å²) in [7, 11) is 1.55. The van der Waals surface area contributed by atoms with E-state index < -0.39 is 12.2 Å². The molecule has 0 aliphatic heterocycles. The number of aliphatic hydroxyl groups excluding tert-OH is 1. The highest BCUT2D eigenvalue weighted by atomic mass is 16.5. The average molecular weight is 439 g/mol. The second kappa shape index (κ2) is 12.2. The van der Waals surface area contributed by atoms with Gasteiger partial charge in [0.25, 0.3) is 0 Å². The van der Waals surface area contributed by atoms with Gasteiger partial charge in [-0.05, 0) is 11.1 Å². The molecule has 4 rings (SSSR count). The van der Waals surface area contributed by atoms with Crippen LogP contribution in [0.5, 0.6) is 0 Å². The fourth-order valence-electron chi connectivity index (χ4n) is 3.32. The Morgan fingerprint density at radius 3 is 1.36 bits per heavy atom. The van der Waals surface area contributed by atoms with Crippen molar-refractivity contribution in [1.29, 1.82) is 0 Å². The molecule has 33 heavy (non-hydrogen) atoms. The molecular formula is C29H26O4. The Morgan fingerprint density at radius 1 is 0.576 bits per heavy atom. The molecule has 0 saturated carbocycles. The van der Waals surface area contributed by atoms with Crippen molar-refractivity contribution in [2.75, 3.05) is 7.11 Å². The van der Waals surface area contributed by atoms with Gasteiger partial charge in [-0.3, -0.25) is 9.59 Å². The number of Topliss-reactive ketones (excluding diaryl/α,β-unsaturated/α-hetero) is 2. The highest BCUT2D eigenvalue weighted by Crippen LogP contribution is 2.21. The standard InChI is InChI=1S/C15H14O2.C14H12O2/c1-17-15(13-10-6-3-7-11-13)14(16)12-8-4-2-5-9-12;15-13(11-7-3-1-4-8-11)14(16)12-9-5-2-6-10-12/h2-11,15H,1H3;1-10,13,15H. The Morgan fingerprint density at radius 2 is 0.939 bits per heavy atom. The molecule has 4 nitrogen and oxygen atoms in total. The molecule has 0 fully saturated rings. The first-order valence-electron chi connectivity index (χ1n) is 10.6. The third-order valence-corrected chi connectivity index (χ3v) is 5.06. The van der Waals surface area contributed by atoms with E-state index in [0.717, 1.165) is 5.56 Å². The summed E-state index contributed by atoms with van der Waals surface area (Å²) in [6, 6.07) is 36.5. The van der Waals surface area contributed by atoms with Crippen LogP contribution in [0.1, 0.15) is 44.1 Å². The Hall–Kier alpha value is -3.86. The fraction of sp³-hybridized carbons (Fsp3) is 0.103. The van der Waals surface area contributed by atoms with Gasteiger partial charge >= 0.3 is 0 Å². The molecule has 4 aromatic carbocycles. The maximum absolute atomic E-state index is 12.3. The zero-order chi connectivity index (χ0) is 23.5. The van der Waals surface area contributed by atoms with Gasteiger partial charge in [0.1, 0.15) is 12.2 Å². The van der Waals surface area contributed by atoms with Crippen molar-refractivity contribution in [3.8, 4) is 0 Å². The van der Waals surface area contributed by atoms with Gasteiger partial charge in [0, 0.05) is 18.2 Å². The highest BCUT2D eigenvalue weighted by molar-refractivity contribution is 6.00. The number of ether oxygens (including phenoxy) is 1. The smallest absolute Gasteiger partial charge is 0.196 e. The van der Waals surface area contributed by atoms with Gasteiger partial charge in [-0.1, -0.05) is 121 Å². The monoisotopic (exact) mass is 438 g/mol. The number of aliphatic hydroxyl groups is 1. The summed E-state index contributed by atoms with van der Waals surface area (Å²) in [6.45, 7) is 0. The Kier molecular flexibility index (Phi) is 8.83. The fourth-order valence-corrected chi connectivity index (χ4v) is 3.32. The topological polar surface area (TPSA) is 63.6 Å². The molecule has 2 atom stereocenters. The third kappa shape index (κ3) is 6.56. The molecule has 0 heterocycles. The van der Waals surface area contributed by atoms with Crippen LogP contribution in [0.2, 0.25) is 0 Å². The molecule has 0 aromatic heterocycles. The summed E-state index contributed by atoms with van der Waals surface area (Å²) in [4.78, 5) is 24.1. The lowest BCUT2D eigenvalue weighted by Crippen LogP contribution is -2.14. The van der Waals surface area contributed by atoms with Crippen LogP contribution in [-0.4, -0.2) is 23.8 Å². The first-order valence-corrected chi connectivity index (χ1v) is 10.6. The van der Waals surface area contributed by atoms with Crippen molar-refractivity contribution in [1.82, 2.24) is 0 Å². The number of benzene rings is 4. The van der Waals surface area contributed by atoms with Crippen molar-refractivity contribution in [2.45, 2.75) is 12.2 Å². The molecule has 4 aromatic rings. The molecule has 0 radical (unpaired) electrons. The number of hydrogen-bond acceptors (Lipinski definition) is 4. The lowest BCUT2D eigenvalue weighted by atomic mass is 10.00. The maximum atomic E-state index is 12.3. The van der Waals surface area contributed by atoms with Crippen molar-refractivity contribution in [3.05, 3.63) is 144 Å². The Balaban J connectivity index is 0.000000186. The largest absolute Gasteiger partial charge is 0.380 e. The van der Waals surface area contributed by atoms with E-state index in [4.69, 9.17) is 4.74 Å². The molecule has 4 heteroatoms. The van der Waals surface area contributed by atoms with Crippen molar-refractivity contribution in [2.24, 2.45) is 0 Å². The molecule has 0 aliphatic carbocycles. The lowest BCUT2D eigenvalue weighted by molar-refractivity contribution is 0.0604. The van der Waals surface area contributed by atoms with E-state index in [9.17, 15) is 14.7 Å². The van der Waals surface area contributed by atoms with Gasteiger partial charge in [-0.2, -0.15) is 0 Å². The average Bonchev–Trinajstić information content (AvgIpc) is 2.90. The normalized spacial score (nSPS) is 12.1. The summed E-state index contributed by atoms with van der Waals surface area (Å²) < 4.78 is 5.30. The van der Waals surface area contributed by atoms with E-state index in [-0.39, 0.29) is 11.6 Å². The van der Waals surface area contributed by atoms with Gasteiger partial charge < -0.3 is 9.84 Å². The molecular weight excluding hydrogens is 412 g/mol. The minimum absolute atomic E-state index is 0.0145. The maximum Gasteiger partial charge on any atom is 0.196 e. The quantitative estimate of drug-likeness (QED) is 0.367. The summed E-state index contributed by atoms with van der Waals surface area (Å²) in [5.74, 6) is -0.286. The minimum Gasteiger partial charge on any atom is -0.380 e. The van der Waals surface area contributed by atoms with Crippen LogP contribution in [-0.2, 0) is 4.74 Å². The first kappa shape index (κ1) is 23.8. The summed E-state index contributed by atoms with van der Waals surface area (Å²) in [5.41, 5.74) is 2.70. The summed E-state index contributed by atoms with van der Waals surface area (Å²) in [6.07, 6.45) is -1.61. The third-order valence-electron chi connectivity index (χ3n) is 5.06. The molecule has 2 unspecified atom stereocenters.